The summed E-state index contributed by atoms with van der Waals surface area (Å²) in [7, 11) is 0. The van der Waals surface area contributed by atoms with Crippen LogP contribution in [-0.4, -0.2) is 30.6 Å². The van der Waals surface area contributed by atoms with E-state index in [1.54, 1.807) is 11.3 Å². The molecular formula is C18H28N4S2. The van der Waals surface area contributed by atoms with Crippen LogP contribution in [0, 0.1) is 6.92 Å². The molecule has 2 aromatic heterocycles. The van der Waals surface area contributed by atoms with Gasteiger partial charge in [-0.1, -0.05) is 13.8 Å². The molecule has 1 unspecified atom stereocenters. The number of aliphatic imine (C=N–C) groups is 1. The molecule has 6 heteroatoms. The molecule has 2 heterocycles. The Morgan fingerprint density at radius 3 is 2.79 bits per heavy atom. The Morgan fingerprint density at radius 1 is 1.33 bits per heavy atom. The number of rotatable bonds is 8. The molecule has 0 aliphatic heterocycles. The standard InChI is InChI=1S/C18H28N4S2/c1-5-16-14(4)24-17(22-16)7-9-20-18(19-6-2)21-11-13(3)15-8-10-23-12-15/h8,10,12-13H,5-7,9,11H2,1-4H3,(H2,19,20,21). The van der Waals surface area contributed by atoms with Crippen molar-refractivity contribution in [1.82, 2.24) is 15.6 Å². The summed E-state index contributed by atoms with van der Waals surface area (Å²) in [5.74, 6) is 1.34. The number of guanidine groups is 1. The van der Waals surface area contributed by atoms with Crippen LogP contribution in [0.1, 0.15) is 47.8 Å². The van der Waals surface area contributed by atoms with Gasteiger partial charge in [0, 0.05) is 36.9 Å². The van der Waals surface area contributed by atoms with Gasteiger partial charge in [-0.25, -0.2) is 4.98 Å². The fourth-order valence-corrected chi connectivity index (χ4v) is 4.24. The zero-order valence-electron chi connectivity index (χ0n) is 15.1. The van der Waals surface area contributed by atoms with E-state index in [1.165, 1.54) is 21.1 Å². The number of nitrogens with zero attached hydrogens (tertiary/aromatic N) is 2. The van der Waals surface area contributed by atoms with Crippen molar-refractivity contribution < 1.29 is 0 Å². The Morgan fingerprint density at radius 2 is 2.17 bits per heavy atom. The molecule has 0 radical (unpaired) electrons. The molecule has 0 fully saturated rings. The van der Waals surface area contributed by atoms with Gasteiger partial charge in [-0.3, -0.25) is 4.99 Å². The lowest BCUT2D eigenvalue weighted by molar-refractivity contribution is 0.746. The number of hydrogen-bond donors (Lipinski definition) is 2. The van der Waals surface area contributed by atoms with E-state index in [0.29, 0.717) is 5.92 Å². The SMILES string of the molecule is CCNC(=NCC(C)c1ccsc1)NCCc1nc(CC)c(C)s1. The number of hydrogen-bond acceptors (Lipinski definition) is 4. The minimum absolute atomic E-state index is 0.445. The monoisotopic (exact) mass is 364 g/mol. The van der Waals surface area contributed by atoms with E-state index in [4.69, 9.17) is 9.98 Å². The summed E-state index contributed by atoms with van der Waals surface area (Å²) >= 11 is 3.55. The number of thiophene rings is 1. The predicted octanol–water partition coefficient (Wildman–Crippen LogP) is 3.98. The maximum absolute atomic E-state index is 4.72. The molecule has 0 saturated carbocycles. The Hall–Kier alpha value is -1.40. The molecule has 0 saturated heterocycles. The van der Waals surface area contributed by atoms with Crippen molar-refractivity contribution in [2.75, 3.05) is 19.6 Å². The van der Waals surface area contributed by atoms with Gasteiger partial charge in [0.05, 0.1) is 10.7 Å². The Kier molecular flexibility index (Phi) is 7.72. The zero-order valence-corrected chi connectivity index (χ0v) is 16.7. The Labute approximate surface area is 153 Å². The van der Waals surface area contributed by atoms with E-state index >= 15 is 0 Å². The molecule has 0 bridgehead atoms. The van der Waals surface area contributed by atoms with Gasteiger partial charge in [0.2, 0.25) is 0 Å². The first kappa shape index (κ1) is 18.9. The number of aryl methyl sites for hydroxylation is 2. The van der Waals surface area contributed by atoms with Crippen molar-refractivity contribution in [2.45, 2.75) is 46.5 Å². The van der Waals surface area contributed by atoms with Crippen molar-refractivity contribution in [3.05, 3.63) is 38.0 Å². The van der Waals surface area contributed by atoms with Gasteiger partial charge in [0.1, 0.15) is 0 Å². The molecule has 132 valence electrons. The first-order chi connectivity index (χ1) is 11.6. The summed E-state index contributed by atoms with van der Waals surface area (Å²) in [5, 5.41) is 12.3. The highest BCUT2D eigenvalue weighted by atomic mass is 32.1. The van der Waals surface area contributed by atoms with Crippen LogP contribution in [0.15, 0.2) is 21.8 Å². The van der Waals surface area contributed by atoms with Crippen molar-refractivity contribution in [2.24, 2.45) is 4.99 Å². The largest absolute Gasteiger partial charge is 0.357 e. The molecule has 0 aliphatic carbocycles. The van der Waals surface area contributed by atoms with E-state index in [-0.39, 0.29) is 0 Å². The molecule has 2 rings (SSSR count). The third-order valence-corrected chi connectivity index (χ3v) is 5.66. The minimum Gasteiger partial charge on any atom is -0.357 e. The second-order valence-electron chi connectivity index (χ2n) is 5.82. The van der Waals surface area contributed by atoms with E-state index in [9.17, 15) is 0 Å². The van der Waals surface area contributed by atoms with Crippen molar-refractivity contribution in [1.29, 1.82) is 0 Å². The summed E-state index contributed by atoms with van der Waals surface area (Å²) < 4.78 is 0. The smallest absolute Gasteiger partial charge is 0.191 e. The van der Waals surface area contributed by atoms with Gasteiger partial charge in [-0.05, 0) is 42.7 Å². The summed E-state index contributed by atoms with van der Waals surface area (Å²) in [5.41, 5.74) is 2.60. The summed E-state index contributed by atoms with van der Waals surface area (Å²) in [6.07, 6.45) is 1.95. The van der Waals surface area contributed by atoms with Crippen LogP contribution in [0.2, 0.25) is 0 Å². The molecule has 24 heavy (non-hydrogen) atoms. The fraction of sp³-hybridized carbons (Fsp3) is 0.556. The highest BCUT2D eigenvalue weighted by Gasteiger charge is 2.08. The predicted molar refractivity (Wildman–Crippen MR) is 107 cm³/mol. The normalized spacial score (nSPS) is 13.1. The summed E-state index contributed by atoms with van der Waals surface area (Å²) in [6, 6.07) is 2.18. The third-order valence-electron chi connectivity index (χ3n) is 3.88. The first-order valence-electron chi connectivity index (χ1n) is 8.63. The third kappa shape index (κ3) is 5.60. The highest BCUT2D eigenvalue weighted by molar-refractivity contribution is 7.11. The molecular weight excluding hydrogens is 336 g/mol. The zero-order chi connectivity index (χ0) is 17.4. The Bertz CT molecular complexity index is 631. The molecule has 1 atom stereocenters. The fourth-order valence-electron chi connectivity index (χ4n) is 2.44. The molecule has 0 aliphatic rings. The molecule has 4 nitrogen and oxygen atoms in total. The van der Waals surface area contributed by atoms with Crippen LogP contribution in [0.25, 0.3) is 0 Å². The van der Waals surface area contributed by atoms with E-state index < -0.39 is 0 Å². The molecule has 0 amide bonds. The number of thiazole rings is 1. The first-order valence-corrected chi connectivity index (χ1v) is 10.4. The topological polar surface area (TPSA) is 49.3 Å². The minimum atomic E-state index is 0.445. The average Bonchev–Trinajstić information content (AvgIpc) is 3.22. The number of nitrogens with one attached hydrogen (secondary N) is 2. The lowest BCUT2D eigenvalue weighted by Gasteiger charge is -2.12. The van der Waals surface area contributed by atoms with Gasteiger partial charge in [0.25, 0.3) is 0 Å². The maximum Gasteiger partial charge on any atom is 0.191 e. The van der Waals surface area contributed by atoms with E-state index in [0.717, 1.165) is 38.4 Å². The second-order valence-corrected chi connectivity index (χ2v) is 7.89. The Balaban J connectivity index is 1.84. The van der Waals surface area contributed by atoms with Gasteiger partial charge in [0.15, 0.2) is 5.96 Å². The lowest BCUT2D eigenvalue weighted by Crippen LogP contribution is -2.38. The quantitative estimate of drug-likeness (QED) is 0.550. The van der Waals surface area contributed by atoms with Crippen molar-refractivity contribution >= 4 is 28.6 Å². The maximum atomic E-state index is 4.72. The van der Waals surface area contributed by atoms with Gasteiger partial charge >= 0.3 is 0 Å². The van der Waals surface area contributed by atoms with Crippen LogP contribution >= 0.6 is 22.7 Å². The van der Waals surface area contributed by atoms with Crippen LogP contribution in [-0.2, 0) is 12.8 Å². The van der Waals surface area contributed by atoms with Crippen molar-refractivity contribution in [3.8, 4) is 0 Å². The highest BCUT2D eigenvalue weighted by Crippen LogP contribution is 2.19. The molecule has 2 N–H and O–H groups in total. The van der Waals surface area contributed by atoms with Gasteiger partial charge in [-0.2, -0.15) is 11.3 Å². The van der Waals surface area contributed by atoms with Crippen molar-refractivity contribution in [3.63, 3.8) is 0 Å². The second kappa shape index (κ2) is 9.79. The van der Waals surface area contributed by atoms with Gasteiger partial charge in [-0.15, -0.1) is 11.3 Å². The summed E-state index contributed by atoms with van der Waals surface area (Å²) in [6.45, 7) is 11.2. The van der Waals surface area contributed by atoms with E-state index in [1.807, 2.05) is 11.3 Å². The average molecular weight is 365 g/mol. The summed E-state index contributed by atoms with van der Waals surface area (Å²) in [4.78, 5) is 10.8. The van der Waals surface area contributed by atoms with Crippen LogP contribution < -0.4 is 10.6 Å². The molecule has 0 spiro atoms. The molecule has 0 aromatic carbocycles. The van der Waals surface area contributed by atoms with Gasteiger partial charge < -0.3 is 10.6 Å². The van der Waals surface area contributed by atoms with Crippen LogP contribution in [0.3, 0.4) is 0 Å². The van der Waals surface area contributed by atoms with Crippen LogP contribution in [0.5, 0.6) is 0 Å². The van der Waals surface area contributed by atoms with E-state index in [2.05, 4.69) is 55.2 Å². The lowest BCUT2D eigenvalue weighted by atomic mass is 10.1. The van der Waals surface area contributed by atoms with Crippen LogP contribution in [0.4, 0.5) is 0 Å². The number of aromatic nitrogens is 1. The molecule has 2 aromatic rings.